The average molecular weight is 611 g/mol. The molecule has 2 saturated carbocycles. The largest absolute Gasteiger partial charge is 0.208 e. The van der Waals surface area contributed by atoms with Crippen molar-refractivity contribution < 1.29 is 0 Å². The van der Waals surface area contributed by atoms with Gasteiger partial charge in [0.15, 0.2) is 17.5 Å². The van der Waals surface area contributed by atoms with E-state index >= 15 is 0 Å². The maximum absolute atomic E-state index is 9.79. The fraction of sp³-hybridized carbons (Fsp3) is 0.256. The van der Waals surface area contributed by atoms with E-state index in [4.69, 9.17) is 15.0 Å². The third-order valence-electron chi connectivity index (χ3n) is 10.5. The van der Waals surface area contributed by atoms with E-state index in [-0.39, 0.29) is 0 Å². The smallest absolute Gasteiger partial charge is 0.164 e. The van der Waals surface area contributed by atoms with Crippen molar-refractivity contribution in [1.82, 2.24) is 15.0 Å². The zero-order chi connectivity index (χ0) is 32.0. The van der Waals surface area contributed by atoms with E-state index in [9.17, 15) is 5.26 Å². The molecule has 8 rings (SSSR count). The summed E-state index contributed by atoms with van der Waals surface area (Å²) in [5.41, 5.74) is 7.46. The van der Waals surface area contributed by atoms with Crippen LogP contribution < -0.4 is 0 Å². The highest BCUT2D eigenvalue weighted by Crippen LogP contribution is 2.54. The van der Waals surface area contributed by atoms with Gasteiger partial charge in [-0.25, -0.2) is 15.0 Å². The summed E-state index contributed by atoms with van der Waals surface area (Å²) in [6.45, 7) is 4.91. The van der Waals surface area contributed by atoms with Gasteiger partial charge in [-0.05, 0) is 89.5 Å². The Morgan fingerprint density at radius 3 is 1.96 bits per heavy atom. The average Bonchev–Trinajstić information content (AvgIpc) is 3.10. The maximum Gasteiger partial charge on any atom is 0.164 e. The molecular weight excluding hydrogens is 573 g/mol. The van der Waals surface area contributed by atoms with Crippen LogP contribution in [0.4, 0.5) is 0 Å². The van der Waals surface area contributed by atoms with Crippen molar-refractivity contribution in [1.29, 1.82) is 5.26 Å². The van der Waals surface area contributed by atoms with Crippen molar-refractivity contribution in [3.8, 4) is 51.4 Å². The van der Waals surface area contributed by atoms with Crippen LogP contribution in [0.5, 0.6) is 0 Å². The van der Waals surface area contributed by atoms with Crippen molar-refractivity contribution >= 4 is 10.8 Å². The zero-order valence-electron chi connectivity index (χ0n) is 27.0. The van der Waals surface area contributed by atoms with E-state index in [1.165, 1.54) is 37.7 Å². The quantitative estimate of drug-likeness (QED) is 0.195. The molecule has 6 aromatic rings. The van der Waals surface area contributed by atoms with E-state index < -0.39 is 0 Å². The highest BCUT2D eigenvalue weighted by Gasteiger charge is 2.45. The predicted octanol–water partition coefficient (Wildman–Crippen LogP) is 10.7. The lowest BCUT2D eigenvalue weighted by Crippen LogP contribution is -2.42. The minimum Gasteiger partial charge on any atom is -0.208 e. The zero-order valence-corrected chi connectivity index (χ0v) is 27.0. The van der Waals surface area contributed by atoms with Gasteiger partial charge >= 0.3 is 0 Å². The van der Waals surface area contributed by atoms with Crippen LogP contribution in [0.15, 0.2) is 115 Å². The van der Waals surface area contributed by atoms with Gasteiger partial charge in [0.1, 0.15) is 0 Å². The Morgan fingerprint density at radius 2 is 1.23 bits per heavy atom. The molecule has 4 atom stereocenters. The van der Waals surface area contributed by atoms with Crippen LogP contribution >= 0.6 is 0 Å². The third kappa shape index (κ3) is 5.51. The molecule has 1 aromatic heterocycles. The van der Waals surface area contributed by atoms with Gasteiger partial charge in [-0.15, -0.1) is 0 Å². The fourth-order valence-corrected chi connectivity index (χ4v) is 8.84. The monoisotopic (exact) mass is 610 g/mol. The van der Waals surface area contributed by atoms with Crippen molar-refractivity contribution in [3.05, 3.63) is 126 Å². The van der Waals surface area contributed by atoms with Crippen LogP contribution in [-0.4, -0.2) is 15.0 Å². The number of fused-ring (bicyclic) bond motifs is 3. The van der Waals surface area contributed by atoms with Crippen molar-refractivity contribution in [3.63, 3.8) is 0 Å². The molecule has 0 N–H and O–H groups in total. The second-order valence-corrected chi connectivity index (χ2v) is 14.1. The summed E-state index contributed by atoms with van der Waals surface area (Å²) >= 11 is 0. The number of rotatable bonds is 5. The molecule has 2 fully saturated rings. The molecule has 1 heterocycles. The van der Waals surface area contributed by atoms with Gasteiger partial charge in [-0.1, -0.05) is 117 Å². The first-order valence-electron chi connectivity index (χ1n) is 16.9. The number of nitriles is 1. The SMILES string of the molecule is C[C@@H]1C[C@@H]2C[C@H](C)CC(c3ccc(-c4ccccc4-c4nc(-c5ccccc5)nc(-c5ccc6cccc(C#N)c6c5)n4)cc3)(C1)C2. The highest BCUT2D eigenvalue weighted by molar-refractivity contribution is 5.91. The molecule has 0 spiro atoms. The van der Waals surface area contributed by atoms with Crippen LogP contribution in [-0.2, 0) is 5.41 Å². The first-order valence-corrected chi connectivity index (χ1v) is 16.9. The molecule has 4 nitrogen and oxygen atoms in total. The second-order valence-electron chi connectivity index (χ2n) is 14.1. The van der Waals surface area contributed by atoms with E-state index in [2.05, 4.69) is 68.4 Å². The summed E-state index contributed by atoms with van der Waals surface area (Å²) in [6.07, 6.45) is 6.69. The summed E-state index contributed by atoms with van der Waals surface area (Å²) in [7, 11) is 0. The predicted molar refractivity (Wildman–Crippen MR) is 190 cm³/mol. The van der Waals surface area contributed by atoms with Crippen LogP contribution in [0.25, 0.3) is 56.1 Å². The standard InChI is InChI=1S/C43H38N4/c1-28-21-30-22-29(2)25-43(24-28,26-30)36-19-17-32(18-20-36)37-13-6-7-14-38(37)42-46-40(33-9-4-3-5-10-33)45-41(47-42)34-16-15-31-11-8-12-35(27-44)39(31)23-34/h3-20,23,28-30H,21-22,24-26H2,1-2H3/t28-,29+,30-,43?. The molecule has 0 saturated heterocycles. The summed E-state index contributed by atoms with van der Waals surface area (Å²) < 4.78 is 0. The van der Waals surface area contributed by atoms with Gasteiger partial charge in [-0.3, -0.25) is 0 Å². The molecule has 4 heteroatoms. The molecule has 0 amide bonds. The van der Waals surface area contributed by atoms with Crippen LogP contribution in [0.3, 0.4) is 0 Å². The second kappa shape index (κ2) is 11.9. The number of hydrogen-bond acceptors (Lipinski definition) is 4. The Kier molecular flexibility index (Phi) is 7.41. The Morgan fingerprint density at radius 1 is 0.596 bits per heavy atom. The first-order chi connectivity index (χ1) is 23.0. The number of nitrogens with zero attached hydrogens (tertiary/aromatic N) is 4. The van der Waals surface area contributed by atoms with Crippen molar-refractivity contribution in [2.45, 2.75) is 51.4 Å². The Bertz CT molecular complexity index is 2110. The molecule has 0 aliphatic heterocycles. The van der Waals surface area contributed by atoms with Gasteiger partial charge < -0.3 is 0 Å². The Balaban J connectivity index is 1.23. The number of benzene rings is 5. The lowest BCUT2D eigenvalue weighted by atomic mass is 9.54. The molecule has 5 aromatic carbocycles. The Hall–Kier alpha value is -5.14. The van der Waals surface area contributed by atoms with E-state index in [1.54, 1.807) is 0 Å². The molecule has 1 unspecified atom stereocenters. The highest BCUT2D eigenvalue weighted by atomic mass is 15.0. The van der Waals surface area contributed by atoms with Crippen molar-refractivity contribution in [2.75, 3.05) is 0 Å². The molecule has 2 bridgehead atoms. The summed E-state index contributed by atoms with van der Waals surface area (Å²) in [5.74, 6) is 4.26. The minimum absolute atomic E-state index is 0.303. The minimum atomic E-state index is 0.303. The maximum atomic E-state index is 9.79. The first kappa shape index (κ1) is 29.3. The number of hydrogen-bond donors (Lipinski definition) is 0. The molecule has 230 valence electrons. The van der Waals surface area contributed by atoms with E-state index in [0.29, 0.717) is 28.5 Å². The van der Waals surface area contributed by atoms with E-state index in [0.717, 1.165) is 56.3 Å². The Labute approximate surface area is 277 Å². The van der Waals surface area contributed by atoms with Gasteiger partial charge in [0.25, 0.3) is 0 Å². The molecule has 0 radical (unpaired) electrons. The third-order valence-corrected chi connectivity index (χ3v) is 10.5. The van der Waals surface area contributed by atoms with Crippen molar-refractivity contribution in [2.24, 2.45) is 17.8 Å². The van der Waals surface area contributed by atoms with Crippen LogP contribution in [0, 0.1) is 29.1 Å². The molecule has 2 aliphatic rings. The summed E-state index contributed by atoms with van der Waals surface area (Å²) in [6, 6.07) is 42.1. The lowest BCUT2D eigenvalue weighted by molar-refractivity contribution is 0.0780. The normalized spacial score (nSPS) is 22.1. The topological polar surface area (TPSA) is 62.5 Å². The summed E-state index contributed by atoms with van der Waals surface area (Å²) in [5, 5.41) is 11.7. The fourth-order valence-electron chi connectivity index (χ4n) is 8.84. The lowest BCUT2D eigenvalue weighted by Gasteiger charge is -2.50. The van der Waals surface area contributed by atoms with Gasteiger partial charge in [0.05, 0.1) is 11.6 Å². The number of aromatic nitrogens is 3. The molecule has 47 heavy (non-hydrogen) atoms. The molecular formula is C43H38N4. The summed E-state index contributed by atoms with van der Waals surface area (Å²) in [4.78, 5) is 15.1. The van der Waals surface area contributed by atoms with Gasteiger partial charge in [-0.2, -0.15) is 5.26 Å². The van der Waals surface area contributed by atoms with Gasteiger partial charge in [0, 0.05) is 22.1 Å². The van der Waals surface area contributed by atoms with E-state index in [1.807, 2.05) is 66.7 Å². The van der Waals surface area contributed by atoms with Gasteiger partial charge in [0.2, 0.25) is 0 Å². The molecule has 2 aliphatic carbocycles. The van der Waals surface area contributed by atoms with Crippen LogP contribution in [0.2, 0.25) is 0 Å². The van der Waals surface area contributed by atoms with Crippen LogP contribution in [0.1, 0.15) is 57.1 Å².